The maximum atomic E-state index is 11.9. The second-order valence-corrected chi connectivity index (χ2v) is 11.5. The van der Waals surface area contributed by atoms with E-state index in [1.54, 1.807) is 0 Å². The number of carbonyl (C=O) groups excluding carboxylic acids is 8. The van der Waals surface area contributed by atoms with Gasteiger partial charge in [-0.15, -0.1) is 0 Å². The van der Waals surface area contributed by atoms with Crippen LogP contribution in [0, 0.1) is 11.5 Å². The maximum Gasteiger partial charge on any atom is 0.410 e. The molecule has 0 rings (SSSR count). The molecule has 0 saturated heterocycles. The Kier molecular flexibility index (Phi) is 33.6. The molecule has 22 heteroatoms. The van der Waals surface area contributed by atoms with Crippen molar-refractivity contribution in [2.24, 2.45) is 4.99 Å². The molecule has 0 radical (unpaired) electrons. The Morgan fingerprint density at radius 3 is 1.38 bits per heavy atom. The average molecular weight is 802 g/mol. The molecular formula is C34H55N7O15. The van der Waals surface area contributed by atoms with Crippen molar-refractivity contribution in [1.29, 1.82) is 5.26 Å². The predicted octanol–water partition coefficient (Wildman–Crippen LogP) is 2.30. The number of carbonyl (C=O) groups is 7. The molecule has 0 aliphatic carbocycles. The quantitative estimate of drug-likeness (QED) is 0.0121. The van der Waals surface area contributed by atoms with Crippen molar-refractivity contribution < 1.29 is 71.5 Å². The lowest BCUT2D eigenvalue weighted by molar-refractivity contribution is -0.146. The van der Waals surface area contributed by atoms with E-state index in [1.165, 1.54) is 12.3 Å². The summed E-state index contributed by atoms with van der Waals surface area (Å²) >= 11 is 0. The van der Waals surface area contributed by atoms with Crippen molar-refractivity contribution in [2.75, 3.05) is 72.7 Å². The maximum absolute atomic E-state index is 11.9. The van der Waals surface area contributed by atoms with Crippen molar-refractivity contribution in [3.8, 4) is 6.26 Å². The zero-order valence-corrected chi connectivity index (χ0v) is 31.7. The van der Waals surface area contributed by atoms with Crippen molar-refractivity contribution in [1.82, 2.24) is 26.6 Å². The number of nitriles is 1. The van der Waals surface area contributed by atoms with Crippen molar-refractivity contribution >= 4 is 48.3 Å². The summed E-state index contributed by atoms with van der Waals surface area (Å²) in [5, 5.41) is 20.8. The molecule has 0 bridgehead atoms. The molecule has 316 valence electrons. The van der Waals surface area contributed by atoms with Gasteiger partial charge in [-0.1, -0.05) is 38.5 Å². The van der Waals surface area contributed by atoms with Crippen LogP contribution < -0.4 is 26.6 Å². The monoisotopic (exact) mass is 801 g/mol. The standard InChI is InChI=1S/C34H55N7O15/c35-24-50-27-56-33(48)40-18-12-6-2-5-11-17-39-32(47)55-23-28(43)37-15-9-3-1-4-10-16-38-31(46)53-21-19-51-29(44)13-7-8-14-30(45)52-20-22-54-34(49)41-25-36-26-42/h1-23,25,27H2,(H,37,43)(H,38,46)(H,39,47)(H,40,48)(H,41,49). The fourth-order valence-corrected chi connectivity index (χ4v) is 4.25. The molecule has 0 aliphatic rings. The number of ether oxygens (including phenoxy) is 7. The molecule has 0 fully saturated rings. The smallest absolute Gasteiger partial charge is 0.410 e. The van der Waals surface area contributed by atoms with Gasteiger partial charge in [0.2, 0.25) is 12.9 Å². The number of alkyl carbamates (subject to hydrolysis) is 4. The molecule has 0 saturated carbocycles. The second-order valence-electron chi connectivity index (χ2n) is 11.5. The molecule has 0 spiro atoms. The van der Waals surface area contributed by atoms with Crippen LogP contribution in [0.15, 0.2) is 4.99 Å². The lowest BCUT2D eigenvalue weighted by Gasteiger charge is -2.09. The highest BCUT2D eigenvalue weighted by Gasteiger charge is 2.09. The number of rotatable bonds is 33. The number of hydrogen-bond donors (Lipinski definition) is 5. The van der Waals surface area contributed by atoms with Gasteiger partial charge in [-0.05, 0) is 38.5 Å². The van der Waals surface area contributed by atoms with Gasteiger partial charge in [0.25, 0.3) is 12.2 Å². The molecule has 5 N–H and O–H groups in total. The fourth-order valence-electron chi connectivity index (χ4n) is 4.25. The first-order chi connectivity index (χ1) is 27.2. The summed E-state index contributed by atoms with van der Waals surface area (Å²) in [7, 11) is 0. The molecule has 22 nitrogen and oxygen atoms in total. The van der Waals surface area contributed by atoms with Crippen LogP contribution in [0.1, 0.15) is 89.9 Å². The van der Waals surface area contributed by atoms with Gasteiger partial charge in [0.1, 0.15) is 33.1 Å². The number of amides is 5. The molecule has 0 unspecified atom stereocenters. The van der Waals surface area contributed by atoms with Crippen molar-refractivity contribution in [3.63, 3.8) is 0 Å². The normalized spacial score (nSPS) is 9.91. The Bertz CT molecular complexity index is 1240. The molecule has 0 aromatic rings. The molecule has 0 aliphatic heterocycles. The number of nitrogens with one attached hydrogen (secondary N) is 5. The van der Waals surface area contributed by atoms with Gasteiger partial charge in [-0.25, -0.2) is 24.0 Å². The number of isocyanates is 1. The van der Waals surface area contributed by atoms with Crippen LogP contribution in [0.5, 0.6) is 0 Å². The van der Waals surface area contributed by atoms with Crippen LogP contribution in [0.4, 0.5) is 19.2 Å². The van der Waals surface area contributed by atoms with Crippen LogP contribution >= 0.6 is 0 Å². The summed E-state index contributed by atoms with van der Waals surface area (Å²) in [6, 6.07) is 0. The Balaban J connectivity index is 3.52. The van der Waals surface area contributed by atoms with Gasteiger partial charge < -0.3 is 59.7 Å². The third kappa shape index (κ3) is 36.5. The largest absolute Gasteiger partial charge is 0.462 e. The highest BCUT2D eigenvalue weighted by Crippen LogP contribution is 2.04. The third-order valence-electron chi connectivity index (χ3n) is 7.02. The minimum atomic E-state index is -0.823. The summed E-state index contributed by atoms with van der Waals surface area (Å²) in [6.45, 7) is 0.120. The summed E-state index contributed by atoms with van der Waals surface area (Å²) in [4.78, 5) is 94.4. The van der Waals surface area contributed by atoms with E-state index in [9.17, 15) is 38.4 Å². The highest BCUT2D eigenvalue weighted by molar-refractivity contribution is 5.80. The molecule has 0 heterocycles. The first kappa shape index (κ1) is 50.2. The van der Waals surface area contributed by atoms with Gasteiger partial charge in [-0.3, -0.25) is 14.4 Å². The predicted molar refractivity (Wildman–Crippen MR) is 192 cm³/mol. The van der Waals surface area contributed by atoms with E-state index in [1.807, 2.05) is 0 Å². The van der Waals surface area contributed by atoms with Crippen LogP contribution in [0.3, 0.4) is 0 Å². The third-order valence-corrected chi connectivity index (χ3v) is 7.02. The van der Waals surface area contributed by atoms with E-state index in [0.29, 0.717) is 39.0 Å². The first-order valence-electron chi connectivity index (χ1n) is 18.4. The second kappa shape index (κ2) is 37.5. The van der Waals surface area contributed by atoms with Gasteiger partial charge in [-0.2, -0.15) is 10.3 Å². The van der Waals surface area contributed by atoms with Crippen LogP contribution in [0.2, 0.25) is 0 Å². The lowest BCUT2D eigenvalue weighted by Crippen LogP contribution is -2.33. The van der Waals surface area contributed by atoms with Crippen LogP contribution in [0.25, 0.3) is 0 Å². The molecule has 0 atom stereocenters. The van der Waals surface area contributed by atoms with E-state index >= 15 is 0 Å². The minimum absolute atomic E-state index is 0.0635. The number of aliphatic imine (C=N–C) groups is 1. The fraction of sp³-hybridized carbons (Fsp3) is 0.735. The number of nitrogens with zero attached hydrogens (tertiary/aromatic N) is 2. The number of esters is 2. The summed E-state index contributed by atoms with van der Waals surface area (Å²) in [6.07, 6.45) is 9.02. The Hall–Kier alpha value is -5.84. The van der Waals surface area contributed by atoms with Gasteiger partial charge in [0.15, 0.2) is 6.61 Å². The molecule has 0 aromatic heterocycles. The van der Waals surface area contributed by atoms with Crippen LogP contribution in [-0.2, 0) is 52.3 Å². The van der Waals surface area contributed by atoms with Gasteiger partial charge in [0.05, 0.1) is 0 Å². The molecule has 56 heavy (non-hydrogen) atoms. The Labute approximate surface area is 325 Å². The van der Waals surface area contributed by atoms with E-state index in [-0.39, 0.29) is 58.5 Å². The SMILES string of the molecule is N#COCOC(=O)NCCCCCCCNC(=O)OCC(=O)NCCCCCCCNC(=O)OCCOC(=O)CCCCC(=O)OCCOC(=O)NCN=C=O. The van der Waals surface area contributed by atoms with E-state index in [0.717, 1.165) is 64.2 Å². The van der Waals surface area contributed by atoms with E-state index in [2.05, 4.69) is 41.1 Å². The van der Waals surface area contributed by atoms with Crippen LogP contribution in [-0.4, -0.2) is 121 Å². The highest BCUT2D eigenvalue weighted by atomic mass is 16.7. The average Bonchev–Trinajstić information content (AvgIpc) is 3.17. The molecule has 5 amide bonds. The van der Waals surface area contributed by atoms with E-state index < -0.39 is 43.1 Å². The Morgan fingerprint density at radius 1 is 0.482 bits per heavy atom. The Morgan fingerprint density at radius 2 is 0.893 bits per heavy atom. The molecular weight excluding hydrogens is 746 g/mol. The van der Waals surface area contributed by atoms with Gasteiger partial charge >= 0.3 is 36.3 Å². The molecule has 0 aromatic carbocycles. The summed E-state index contributed by atoms with van der Waals surface area (Å²) < 4.78 is 33.3. The van der Waals surface area contributed by atoms with Crippen molar-refractivity contribution in [2.45, 2.75) is 89.9 Å². The summed E-state index contributed by atoms with van der Waals surface area (Å²) in [5.74, 6) is -1.40. The lowest BCUT2D eigenvalue weighted by atomic mass is 10.1. The number of unbranched alkanes of at least 4 members (excludes halogenated alkanes) is 9. The number of hydrogen-bond acceptors (Lipinski definition) is 17. The minimum Gasteiger partial charge on any atom is -0.462 e. The van der Waals surface area contributed by atoms with Gasteiger partial charge in [0, 0.05) is 39.0 Å². The zero-order valence-electron chi connectivity index (χ0n) is 31.7. The topological polar surface area (TPSA) is 297 Å². The summed E-state index contributed by atoms with van der Waals surface area (Å²) in [5.41, 5.74) is 0. The zero-order chi connectivity index (χ0) is 41.3. The van der Waals surface area contributed by atoms with Crippen molar-refractivity contribution in [3.05, 3.63) is 0 Å². The first-order valence-corrected chi connectivity index (χ1v) is 18.4. The van der Waals surface area contributed by atoms with E-state index in [4.69, 9.17) is 28.9 Å².